The van der Waals surface area contributed by atoms with Crippen LogP contribution in [0, 0.1) is 5.92 Å². The summed E-state index contributed by atoms with van der Waals surface area (Å²) in [5.41, 5.74) is 3.20. The fraction of sp³-hybridized carbons (Fsp3) is 0.294. The third-order valence-electron chi connectivity index (χ3n) is 4.07. The molecule has 2 aromatic rings. The van der Waals surface area contributed by atoms with Gasteiger partial charge in [-0.25, -0.2) is 13.8 Å². The van der Waals surface area contributed by atoms with E-state index in [1.807, 2.05) is 0 Å². The smallest absolute Gasteiger partial charge is 0.244 e. The molecule has 25 heavy (non-hydrogen) atoms. The Morgan fingerprint density at radius 2 is 2.08 bits per heavy atom. The maximum atomic E-state index is 12.7. The highest BCUT2D eigenvalue weighted by atomic mass is 32.2. The van der Waals surface area contributed by atoms with Crippen LogP contribution in [0.2, 0.25) is 0 Å². The third kappa shape index (κ3) is 4.15. The highest BCUT2D eigenvalue weighted by Crippen LogP contribution is 2.23. The van der Waals surface area contributed by atoms with E-state index < -0.39 is 15.9 Å². The standard InChI is InChI=1S/C17H19N3O4S/c21-17(19-18-11-14-8-10-24-13-14)15-5-4-9-20(12-15)25(22,23)16-6-2-1-3-7-16/h1-3,6-8,10-11,13,15H,4-5,9,12H2,(H,19,21). The Labute approximate surface area is 146 Å². The summed E-state index contributed by atoms with van der Waals surface area (Å²) in [6.07, 6.45) is 5.76. The Morgan fingerprint density at radius 3 is 2.80 bits per heavy atom. The van der Waals surface area contributed by atoms with Crippen molar-refractivity contribution in [1.82, 2.24) is 9.73 Å². The number of amides is 1. The van der Waals surface area contributed by atoms with Gasteiger partial charge in [0.2, 0.25) is 15.9 Å². The second-order valence-electron chi connectivity index (χ2n) is 5.81. The van der Waals surface area contributed by atoms with Crippen LogP contribution in [0.5, 0.6) is 0 Å². The number of carbonyl (C=O) groups excluding carboxylic acids is 1. The van der Waals surface area contributed by atoms with Crippen LogP contribution in [-0.4, -0.2) is 37.9 Å². The molecular formula is C17H19N3O4S. The van der Waals surface area contributed by atoms with Crippen molar-refractivity contribution in [2.24, 2.45) is 11.0 Å². The van der Waals surface area contributed by atoms with Gasteiger partial charge in [-0.15, -0.1) is 0 Å². The first-order chi connectivity index (χ1) is 12.1. The minimum absolute atomic E-state index is 0.157. The van der Waals surface area contributed by atoms with Gasteiger partial charge in [0.05, 0.1) is 29.6 Å². The zero-order valence-corrected chi connectivity index (χ0v) is 14.4. The first-order valence-electron chi connectivity index (χ1n) is 7.98. The lowest BCUT2D eigenvalue weighted by Gasteiger charge is -2.30. The number of hydrogen-bond donors (Lipinski definition) is 1. The molecule has 1 N–H and O–H groups in total. The quantitative estimate of drug-likeness (QED) is 0.650. The molecule has 1 aliphatic rings. The normalized spacial score (nSPS) is 19.1. The van der Waals surface area contributed by atoms with E-state index >= 15 is 0 Å². The molecule has 1 saturated heterocycles. The maximum absolute atomic E-state index is 12.7. The molecule has 0 spiro atoms. The van der Waals surface area contributed by atoms with Crippen molar-refractivity contribution >= 4 is 22.1 Å². The van der Waals surface area contributed by atoms with E-state index in [0.717, 1.165) is 5.56 Å². The van der Waals surface area contributed by atoms with Crippen molar-refractivity contribution in [3.05, 3.63) is 54.5 Å². The molecule has 0 bridgehead atoms. The van der Waals surface area contributed by atoms with E-state index in [2.05, 4.69) is 10.5 Å². The molecule has 132 valence electrons. The van der Waals surface area contributed by atoms with Gasteiger partial charge in [0.25, 0.3) is 0 Å². The molecule has 0 aliphatic carbocycles. The van der Waals surface area contributed by atoms with Crippen LogP contribution in [0.3, 0.4) is 0 Å². The Bertz CT molecular complexity index is 832. The second kappa shape index (κ2) is 7.62. The summed E-state index contributed by atoms with van der Waals surface area (Å²) in [6, 6.07) is 9.98. The zero-order valence-electron chi connectivity index (χ0n) is 13.5. The molecule has 2 heterocycles. The van der Waals surface area contributed by atoms with Gasteiger partial charge in [0.15, 0.2) is 0 Å². The minimum atomic E-state index is -3.58. The molecule has 3 rings (SSSR count). The van der Waals surface area contributed by atoms with Crippen molar-refractivity contribution < 1.29 is 17.6 Å². The summed E-state index contributed by atoms with van der Waals surface area (Å²) < 4.78 is 31.6. The summed E-state index contributed by atoms with van der Waals surface area (Å²) >= 11 is 0. The average Bonchev–Trinajstić information content (AvgIpc) is 3.16. The lowest BCUT2D eigenvalue weighted by atomic mass is 9.99. The fourth-order valence-electron chi connectivity index (χ4n) is 2.73. The van der Waals surface area contributed by atoms with Gasteiger partial charge in [-0.1, -0.05) is 18.2 Å². The van der Waals surface area contributed by atoms with Gasteiger partial charge < -0.3 is 4.42 Å². The van der Waals surface area contributed by atoms with E-state index in [0.29, 0.717) is 19.4 Å². The number of rotatable bonds is 5. The molecule has 1 fully saturated rings. The summed E-state index contributed by atoms with van der Waals surface area (Å²) in [5, 5.41) is 3.88. The van der Waals surface area contributed by atoms with Crippen LogP contribution < -0.4 is 5.43 Å². The molecule has 1 aliphatic heterocycles. The highest BCUT2D eigenvalue weighted by molar-refractivity contribution is 7.89. The predicted octanol–water partition coefficient (Wildman–Crippen LogP) is 1.83. The molecule has 8 heteroatoms. The summed E-state index contributed by atoms with van der Waals surface area (Å²) in [7, 11) is -3.58. The Hall–Kier alpha value is -2.45. The van der Waals surface area contributed by atoms with E-state index in [1.165, 1.54) is 23.0 Å². The predicted molar refractivity (Wildman–Crippen MR) is 92.4 cm³/mol. The monoisotopic (exact) mass is 361 g/mol. The summed E-state index contributed by atoms with van der Waals surface area (Å²) in [4.78, 5) is 12.5. The molecule has 1 unspecified atom stereocenters. The Morgan fingerprint density at radius 1 is 1.28 bits per heavy atom. The van der Waals surface area contributed by atoms with Gasteiger partial charge in [-0.05, 0) is 31.0 Å². The number of hydrogen-bond acceptors (Lipinski definition) is 5. The number of carbonyl (C=O) groups is 1. The lowest BCUT2D eigenvalue weighted by Crippen LogP contribution is -2.44. The Balaban J connectivity index is 1.63. The topological polar surface area (TPSA) is 92.0 Å². The van der Waals surface area contributed by atoms with Crippen molar-refractivity contribution in [3.63, 3.8) is 0 Å². The number of nitrogens with one attached hydrogen (secondary N) is 1. The SMILES string of the molecule is O=C(NN=Cc1ccoc1)C1CCCN(S(=O)(=O)c2ccccc2)C1. The highest BCUT2D eigenvalue weighted by Gasteiger charge is 2.33. The average molecular weight is 361 g/mol. The van der Waals surface area contributed by atoms with Crippen molar-refractivity contribution in [1.29, 1.82) is 0 Å². The lowest BCUT2D eigenvalue weighted by molar-refractivity contribution is -0.126. The van der Waals surface area contributed by atoms with Gasteiger partial charge in [-0.2, -0.15) is 9.41 Å². The molecule has 1 amide bonds. The van der Waals surface area contributed by atoms with Crippen molar-refractivity contribution in [2.75, 3.05) is 13.1 Å². The largest absolute Gasteiger partial charge is 0.472 e. The van der Waals surface area contributed by atoms with Gasteiger partial charge in [0, 0.05) is 18.7 Å². The van der Waals surface area contributed by atoms with Crippen LogP contribution in [0.15, 0.2) is 63.3 Å². The molecule has 1 aromatic carbocycles. The van der Waals surface area contributed by atoms with Crippen LogP contribution in [0.1, 0.15) is 18.4 Å². The van der Waals surface area contributed by atoms with Gasteiger partial charge >= 0.3 is 0 Å². The van der Waals surface area contributed by atoms with Crippen LogP contribution in [0.4, 0.5) is 0 Å². The number of benzene rings is 1. The second-order valence-corrected chi connectivity index (χ2v) is 7.74. The summed E-state index contributed by atoms with van der Waals surface area (Å²) in [6.45, 7) is 0.573. The van der Waals surface area contributed by atoms with Crippen LogP contribution in [-0.2, 0) is 14.8 Å². The summed E-state index contributed by atoms with van der Waals surface area (Å²) in [5.74, 6) is -0.707. The number of furan rings is 1. The number of sulfonamides is 1. The number of piperidine rings is 1. The molecular weight excluding hydrogens is 342 g/mol. The molecule has 0 saturated carbocycles. The van der Waals surface area contributed by atoms with E-state index in [-0.39, 0.29) is 17.3 Å². The van der Waals surface area contributed by atoms with Crippen LogP contribution >= 0.6 is 0 Å². The number of hydrazone groups is 1. The number of nitrogens with zero attached hydrogens (tertiary/aromatic N) is 2. The van der Waals surface area contributed by atoms with Crippen molar-refractivity contribution in [2.45, 2.75) is 17.7 Å². The van der Waals surface area contributed by atoms with Crippen LogP contribution in [0.25, 0.3) is 0 Å². The van der Waals surface area contributed by atoms with Crippen molar-refractivity contribution in [3.8, 4) is 0 Å². The van der Waals surface area contributed by atoms with Gasteiger partial charge in [-0.3, -0.25) is 4.79 Å². The fourth-order valence-corrected chi connectivity index (χ4v) is 4.27. The van der Waals surface area contributed by atoms with E-state index in [9.17, 15) is 13.2 Å². The Kier molecular flexibility index (Phi) is 5.30. The van der Waals surface area contributed by atoms with Gasteiger partial charge in [0.1, 0.15) is 0 Å². The zero-order chi connectivity index (χ0) is 17.7. The minimum Gasteiger partial charge on any atom is -0.472 e. The maximum Gasteiger partial charge on any atom is 0.244 e. The molecule has 0 radical (unpaired) electrons. The molecule has 7 nitrogen and oxygen atoms in total. The molecule has 1 aromatic heterocycles. The molecule has 1 atom stereocenters. The first kappa shape index (κ1) is 17.4. The third-order valence-corrected chi connectivity index (χ3v) is 5.95. The van der Waals surface area contributed by atoms with E-state index in [4.69, 9.17) is 4.42 Å². The first-order valence-corrected chi connectivity index (χ1v) is 9.42. The van der Waals surface area contributed by atoms with E-state index in [1.54, 1.807) is 36.4 Å².